The molecule has 5 atom stereocenters. The maximum absolute atomic E-state index is 12.0. The minimum absolute atomic E-state index is 0.0975. The van der Waals surface area contributed by atoms with E-state index in [0.717, 1.165) is 24.8 Å². The van der Waals surface area contributed by atoms with Crippen LogP contribution in [0.1, 0.15) is 66.7 Å². The molecule has 34 heavy (non-hydrogen) atoms. The lowest BCUT2D eigenvalue weighted by Gasteiger charge is -2.42. The molecule has 2 aromatic carbocycles. The summed E-state index contributed by atoms with van der Waals surface area (Å²) < 4.78 is 0. The number of hydrogen-bond acceptors (Lipinski definition) is 4. The molecular weight excluding hydrogens is 446 g/mol. The van der Waals surface area contributed by atoms with E-state index in [-0.39, 0.29) is 16.7 Å². The van der Waals surface area contributed by atoms with Crippen LogP contribution in [0.25, 0.3) is 0 Å². The number of benzene rings is 2. The predicted molar refractivity (Wildman–Crippen MR) is 142 cm³/mol. The number of aliphatic hydroxyl groups is 3. The second kappa shape index (κ2) is 11.3. The van der Waals surface area contributed by atoms with Crippen LogP contribution in [0.3, 0.4) is 0 Å². The van der Waals surface area contributed by atoms with E-state index in [9.17, 15) is 20.1 Å². The third-order valence-corrected chi connectivity index (χ3v) is 9.04. The van der Waals surface area contributed by atoms with E-state index < -0.39 is 29.2 Å². The van der Waals surface area contributed by atoms with Crippen LogP contribution >= 0.6 is 10.9 Å². The zero-order valence-corrected chi connectivity index (χ0v) is 22.0. The standard InChI is InChI=1S/C28H41NO4S/c1-18-9-14-21(27-26(33)25(32)23(30)17-34(27)5)16-22(18)15-20-12-10-19(11-13-20)7-6-8-24(31)29-28(2,3)4/h9-14,16,23,25-27,30,32-34H,6-8,15,17H2,1-5H3,(H,29,31)/t23-,25-,26-,27+/m1/s1. The molecular formula is C28H41NO4S. The van der Waals surface area contributed by atoms with Gasteiger partial charge in [0.25, 0.3) is 0 Å². The average Bonchev–Trinajstić information content (AvgIpc) is 2.74. The first-order chi connectivity index (χ1) is 15.9. The van der Waals surface area contributed by atoms with Crippen LogP contribution in [0.15, 0.2) is 42.5 Å². The number of carbonyl (C=O) groups is 1. The Hall–Kier alpha value is -1.86. The quantitative estimate of drug-likeness (QED) is 0.386. The summed E-state index contributed by atoms with van der Waals surface area (Å²) in [5.74, 6) is 0.640. The fourth-order valence-electron chi connectivity index (χ4n) is 4.69. The Morgan fingerprint density at radius 3 is 2.32 bits per heavy atom. The fraction of sp³-hybridized carbons (Fsp3) is 0.536. The molecule has 3 rings (SSSR count). The van der Waals surface area contributed by atoms with E-state index in [1.165, 1.54) is 22.3 Å². The molecule has 0 aliphatic carbocycles. The lowest BCUT2D eigenvalue weighted by Crippen LogP contribution is -2.47. The Balaban J connectivity index is 1.63. The number of aliphatic hydroxyl groups excluding tert-OH is 3. The van der Waals surface area contributed by atoms with Crippen molar-refractivity contribution < 1.29 is 20.1 Å². The van der Waals surface area contributed by atoms with Gasteiger partial charge in [-0.3, -0.25) is 4.79 Å². The molecule has 1 aliphatic heterocycles. The molecule has 1 saturated heterocycles. The van der Waals surface area contributed by atoms with Crippen LogP contribution in [0.2, 0.25) is 0 Å². The summed E-state index contributed by atoms with van der Waals surface area (Å²) in [6, 6.07) is 14.9. The third kappa shape index (κ3) is 7.08. The van der Waals surface area contributed by atoms with Crippen LogP contribution in [0.5, 0.6) is 0 Å². The summed E-state index contributed by atoms with van der Waals surface area (Å²) in [5.41, 5.74) is 5.70. The van der Waals surface area contributed by atoms with Gasteiger partial charge in [0.05, 0.1) is 12.2 Å². The van der Waals surface area contributed by atoms with Gasteiger partial charge < -0.3 is 20.6 Å². The summed E-state index contributed by atoms with van der Waals surface area (Å²) in [5, 5.41) is 33.7. The van der Waals surface area contributed by atoms with E-state index in [2.05, 4.69) is 61.0 Å². The topological polar surface area (TPSA) is 89.8 Å². The van der Waals surface area contributed by atoms with Crippen LogP contribution in [0.4, 0.5) is 0 Å². The summed E-state index contributed by atoms with van der Waals surface area (Å²) >= 11 is 0. The number of aryl methyl sites for hydroxylation is 2. The van der Waals surface area contributed by atoms with Crippen molar-refractivity contribution in [2.45, 2.75) is 82.5 Å². The summed E-state index contributed by atoms with van der Waals surface area (Å²) in [6.07, 6.45) is 2.23. The van der Waals surface area contributed by atoms with Crippen molar-refractivity contribution in [2.75, 3.05) is 12.0 Å². The van der Waals surface area contributed by atoms with Crippen molar-refractivity contribution in [3.05, 3.63) is 70.3 Å². The first-order valence-electron chi connectivity index (χ1n) is 12.2. The number of amides is 1. The highest BCUT2D eigenvalue weighted by Crippen LogP contribution is 2.48. The molecule has 5 nitrogen and oxygen atoms in total. The second-order valence-electron chi connectivity index (χ2n) is 10.8. The molecule has 6 heteroatoms. The van der Waals surface area contributed by atoms with Crippen molar-refractivity contribution in [3.8, 4) is 0 Å². The molecule has 0 spiro atoms. The maximum atomic E-state index is 12.0. The maximum Gasteiger partial charge on any atom is 0.220 e. The molecule has 1 aliphatic rings. The number of nitrogens with one attached hydrogen (secondary N) is 1. The number of thiol groups is 1. The van der Waals surface area contributed by atoms with Crippen molar-refractivity contribution >= 4 is 16.8 Å². The fourth-order valence-corrected chi connectivity index (χ4v) is 7.09. The van der Waals surface area contributed by atoms with Gasteiger partial charge in [0.15, 0.2) is 0 Å². The second-order valence-corrected chi connectivity index (χ2v) is 13.2. The predicted octanol–water partition coefficient (Wildman–Crippen LogP) is 3.59. The molecule has 0 aromatic heterocycles. The van der Waals surface area contributed by atoms with Crippen LogP contribution in [0, 0.1) is 6.92 Å². The zero-order valence-electron chi connectivity index (χ0n) is 21.1. The summed E-state index contributed by atoms with van der Waals surface area (Å²) in [4.78, 5) is 12.0. The van der Waals surface area contributed by atoms with Crippen molar-refractivity contribution in [2.24, 2.45) is 0 Å². The largest absolute Gasteiger partial charge is 0.390 e. The van der Waals surface area contributed by atoms with E-state index in [4.69, 9.17) is 0 Å². The van der Waals surface area contributed by atoms with Gasteiger partial charge >= 0.3 is 0 Å². The molecule has 1 heterocycles. The third-order valence-electron chi connectivity index (χ3n) is 6.53. The molecule has 0 radical (unpaired) electrons. The SMILES string of the molecule is Cc1ccc([C@H]2[C@H](O)[C@H](O)[C@H](O)C[SH]2C)cc1Cc1ccc(CCCC(=O)NC(C)(C)C)cc1. The van der Waals surface area contributed by atoms with Crippen LogP contribution in [-0.4, -0.2) is 57.1 Å². The number of rotatable bonds is 7. The highest BCUT2D eigenvalue weighted by atomic mass is 32.2. The zero-order chi connectivity index (χ0) is 25.0. The van der Waals surface area contributed by atoms with Gasteiger partial charge in [-0.05, 0) is 81.0 Å². The minimum atomic E-state index is -1.10. The first-order valence-corrected chi connectivity index (χ1v) is 14.2. The van der Waals surface area contributed by atoms with E-state index in [1.807, 2.05) is 20.8 Å². The Morgan fingerprint density at radius 1 is 1.03 bits per heavy atom. The van der Waals surface area contributed by atoms with E-state index in [1.54, 1.807) is 0 Å². The van der Waals surface area contributed by atoms with Gasteiger partial charge in [0.2, 0.25) is 5.91 Å². The highest BCUT2D eigenvalue weighted by Gasteiger charge is 2.40. The molecule has 1 amide bonds. The molecule has 0 bridgehead atoms. The lowest BCUT2D eigenvalue weighted by molar-refractivity contribution is -0.122. The van der Waals surface area contributed by atoms with Gasteiger partial charge in [0.1, 0.15) is 6.10 Å². The lowest BCUT2D eigenvalue weighted by atomic mass is 9.93. The highest BCUT2D eigenvalue weighted by molar-refractivity contribution is 8.16. The van der Waals surface area contributed by atoms with Gasteiger partial charge in [-0.1, -0.05) is 42.5 Å². The number of carbonyl (C=O) groups excluding carboxylic acids is 1. The Labute approximate surface area is 207 Å². The monoisotopic (exact) mass is 487 g/mol. The molecule has 0 saturated carbocycles. The molecule has 2 aromatic rings. The Kier molecular flexibility index (Phi) is 8.85. The number of hydrogen-bond donors (Lipinski definition) is 5. The van der Waals surface area contributed by atoms with E-state index >= 15 is 0 Å². The average molecular weight is 488 g/mol. The Bertz CT molecular complexity index is 969. The molecule has 188 valence electrons. The van der Waals surface area contributed by atoms with Gasteiger partial charge in [-0.2, -0.15) is 0 Å². The van der Waals surface area contributed by atoms with Gasteiger partial charge in [-0.25, -0.2) is 10.9 Å². The van der Waals surface area contributed by atoms with Crippen LogP contribution < -0.4 is 5.32 Å². The summed E-state index contributed by atoms with van der Waals surface area (Å²) in [7, 11) is -0.630. The molecule has 4 N–H and O–H groups in total. The van der Waals surface area contributed by atoms with Gasteiger partial charge in [-0.15, -0.1) is 0 Å². The van der Waals surface area contributed by atoms with Crippen LogP contribution in [-0.2, 0) is 17.6 Å². The smallest absolute Gasteiger partial charge is 0.220 e. The Morgan fingerprint density at radius 2 is 1.68 bits per heavy atom. The van der Waals surface area contributed by atoms with Crippen molar-refractivity contribution in [1.29, 1.82) is 0 Å². The minimum Gasteiger partial charge on any atom is -0.390 e. The molecule has 1 unspecified atom stereocenters. The normalized spacial score (nSPS) is 26.3. The van der Waals surface area contributed by atoms with Crippen molar-refractivity contribution in [1.82, 2.24) is 5.32 Å². The summed E-state index contributed by atoms with van der Waals surface area (Å²) in [6.45, 7) is 8.08. The first kappa shape index (κ1) is 26.7. The van der Waals surface area contributed by atoms with Crippen molar-refractivity contribution in [3.63, 3.8) is 0 Å². The van der Waals surface area contributed by atoms with E-state index in [0.29, 0.717) is 12.2 Å². The molecule has 1 fully saturated rings. The van der Waals surface area contributed by atoms with Gasteiger partial charge in [0, 0.05) is 23.0 Å².